The second-order valence-electron chi connectivity index (χ2n) is 6.80. The molecule has 0 spiro atoms. The van der Waals surface area contributed by atoms with Crippen LogP contribution in [-0.2, 0) is 0 Å². The lowest BCUT2D eigenvalue weighted by molar-refractivity contribution is 0.119. The molecule has 1 heterocycles. The molecule has 0 saturated carbocycles. The Balaban J connectivity index is 1.97. The Bertz CT molecular complexity index is 504. The minimum atomic E-state index is 0.381. The average Bonchev–Trinajstić information content (AvgIpc) is 2.72. The van der Waals surface area contributed by atoms with E-state index in [1.165, 1.54) is 16.7 Å². The largest absolute Gasteiger partial charge is 0.508 e. The zero-order chi connectivity index (χ0) is 14.4. The van der Waals surface area contributed by atoms with Crippen LogP contribution >= 0.6 is 0 Å². The maximum Gasteiger partial charge on any atom is 0.120 e. The van der Waals surface area contributed by atoms with Crippen molar-refractivity contribution >= 4 is 0 Å². The maximum absolute atomic E-state index is 10.4. The lowest BCUT2D eigenvalue weighted by atomic mass is 9.97. The molecule has 1 aromatic rings. The van der Waals surface area contributed by atoms with Crippen LogP contribution in [0.1, 0.15) is 55.8 Å². The number of hydrogen-bond donors (Lipinski definition) is 2. The summed E-state index contributed by atoms with van der Waals surface area (Å²) in [6, 6.07) is 5.34. The van der Waals surface area contributed by atoms with Gasteiger partial charge in [0.15, 0.2) is 0 Å². The molecule has 0 bridgehead atoms. The molecule has 1 saturated heterocycles. The van der Waals surface area contributed by atoms with Crippen molar-refractivity contribution in [1.29, 1.82) is 0 Å². The highest BCUT2D eigenvalue weighted by atomic mass is 16.3. The smallest absolute Gasteiger partial charge is 0.120 e. The first kappa shape index (κ1) is 13.9. The quantitative estimate of drug-likeness (QED) is 0.826. The predicted octanol–water partition coefficient (Wildman–Crippen LogP) is 2.93. The van der Waals surface area contributed by atoms with Gasteiger partial charge in [-0.25, -0.2) is 0 Å². The van der Waals surface area contributed by atoms with Crippen LogP contribution in [0.3, 0.4) is 0 Å². The summed E-state index contributed by atoms with van der Waals surface area (Å²) in [6.45, 7) is 11.1. The van der Waals surface area contributed by atoms with Crippen molar-refractivity contribution in [3.05, 3.63) is 28.8 Å². The summed E-state index contributed by atoms with van der Waals surface area (Å²) < 4.78 is 0. The van der Waals surface area contributed by atoms with Crippen molar-refractivity contribution in [2.45, 2.75) is 58.2 Å². The Labute approximate surface area is 122 Å². The molecule has 3 rings (SSSR count). The second kappa shape index (κ2) is 5.05. The summed E-state index contributed by atoms with van der Waals surface area (Å²) in [5.74, 6) is 1.03. The van der Waals surface area contributed by atoms with E-state index in [1.54, 1.807) is 0 Å². The van der Waals surface area contributed by atoms with Gasteiger partial charge in [-0.15, -0.1) is 0 Å². The molecule has 1 aliphatic heterocycles. The van der Waals surface area contributed by atoms with E-state index < -0.39 is 0 Å². The van der Waals surface area contributed by atoms with Gasteiger partial charge in [0.05, 0.1) is 0 Å². The SMILES string of the molecule is Cc1ccc(O)c2c1C(C)CC2N1CC(C)NC(C)C1. The molecule has 0 radical (unpaired) electrons. The van der Waals surface area contributed by atoms with Crippen LogP contribution in [0.5, 0.6) is 5.75 Å². The number of benzene rings is 1. The number of fused-ring (bicyclic) bond motifs is 1. The molecule has 2 aliphatic rings. The normalized spacial score (nSPS) is 34.2. The van der Waals surface area contributed by atoms with Gasteiger partial charge in [0.25, 0.3) is 0 Å². The molecule has 1 aromatic carbocycles. The van der Waals surface area contributed by atoms with Gasteiger partial charge >= 0.3 is 0 Å². The molecule has 0 aromatic heterocycles. The highest BCUT2D eigenvalue weighted by Gasteiger charge is 2.37. The Morgan fingerprint density at radius 1 is 1.10 bits per heavy atom. The first-order valence-corrected chi connectivity index (χ1v) is 7.79. The van der Waals surface area contributed by atoms with Crippen LogP contribution in [0.15, 0.2) is 12.1 Å². The minimum Gasteiger partial charge on any atom is -0.508 e. The minimum absolute atomic E-state index is 0.381. The van der Waals surface area contributed by atoms with Crippen molar-refractivity contribution in [2.24, 2.45) is 0 Å². The zero-order valence-electron chi connectivity index (χ0n) is 13.0. The molecule has 110 valence electrons. The van der Waals surface area contributed by atoms with E-state index in [9.17, 15) is 5.11 Å². The number of nitrogens with zero attached hydrogens (tertiary/aromatic N) is 1. The van der Waals surface area contributed by atoms with Gasteiger partial charge in [-0.3, -0.25) is 4.90 Å². The lowest BCUT2D eigenvalue weighted by Gasteiger charge is -2.40. The Kier molecular flexibility index (Phi) is 3.51. The van der Waals surface area contributed by atoms with E-state index >= 15 is 0 Å². The van der Waals surface area contributed by atoms with E-state index in [0.717, 1.165) is 19.5 Å². The lowest BCUT2D eigenvalue weighted by Crippen LogP contribution is -2.54. The maximum atomic E-state index is 10.4. The van der Waals surface area contributed by atoms with Gasteiger partial charge in [0, 0.05) is 36.8 Å². The molecular weight excluding hydrogens is 248 g/mol. The molecule has 3 heteroatoms. The topological polar surface area (TPSA) is 35.5 Å². The molecular formula is C17H26N2O. The van der Waals surface area contributed by atoms with E-state index in [-0.39, 0.29) is 0 Å². The van der Waals surface area contributed by atoms with Gasteiger partial charge < -0.3 is 10.4 Å². The van der Waals surface area contributed by atoms with Crippen molar-refractivity contribution in [2.75, 3.05) is 13.1 Å². The van der Waals surface area contributed by atoms with Gasteiger partial charge in [0.1, 0.15) is 5.75 Å². The predicted molar refractivity (Wildman–Crippen MR) is 82.2 cm³/mol. The molecule has 4 atom stereocenters. The van der Waals surface area contributed by atoms with Gasteiger partial charge in [-0.2, -0.15) is 0 Å². The van der Waals surface area contributed by atoms with Crippen LogP contribution in [-0.4, -0.2) is 35.2 Å². The molecule has 1 aliphatic carbocycles. The van der Waals surface area contributed by atoms with Crippen LogP contribution in [0.2, 0.25) is 0 Å². The van der Waals surface area contributed by atoms with Crippen molar-refractivity contribution in [3.63, 3.8) is 0 Å². The third-order valence-corrected chi connectivity index (χ3v) is 4.91. The van der Waals surface area contributed by atoms with Gasteiger partial charge in [-0.05, 0) is 50.3 Å². The highest BCUT2D eigenvalue weighted by molar-refractivity contribution is 5.51. The first-order valence-electron chi connectivity index (χ1n) is 7.79. The number of phenolic OH excluding ortho intramolecular Hbond substituents is 1. The second-order valence-corrected chi connectivity index (χ2v) is 6.80. The van der Waals surface area contributed by atoms with Crippen molar-refractivity contribution < 1.29 is 5.11 Å². The molecule has 2 N–H and O–H groups in total. The third-order valence-electron chi connectivity index (χ3n) is 4.91. The highest BCUT2D eigenvalue weighted by Crippen LogP contribution is 2.48. The summed E-state index contributed by atoms with van der Waals surface area (Å²) in [5, 5.41) is 14.0. The fourth-order valence-electron chi connectivity index (χ4n) is 4.26. The number of nitrogens with one attached hydrogen (secondary N) is 1. The monoisotopic (exact) mass is 274 g/mol. The van der Waals surface area contributed by atoms with Gasteiger partial charge in [0.2, 0.25) is 0 Å². The Hall–Kier alpha value is -1.06. The molecule has 4 unspecified atom stereocenters. The number of phenols is 1. The fourth-order valence-corrected chi connectivity index (χ4v) is 4.26. The Morgan fingerprint density at radius 3 is 2.40 bits per heavy atom. The Morgan fingerprint density at radius 2 is 1.75 bits per heavy atom. The molecule has 0 amide bonds. The van der Waals surface area contributed by atoms with E-state index in [1.807, 2.05) is 6.07 Å². The first-order chi connectivity index (χ1) is 9.47. The van der Waals surface area contributed by atoms with E-state index in [2.05, 4.69) is 44.0 Å². The van der Waals surface area contributed by atoms with Crippen LogP contribution in [0, 0.1) is 6.92 Å². The van der Waals surface area contributed by atoms with Crippen molar-refractivity contribution in [3.8, 4) is 5.75 Å². The number of hydrogen-bond acceptors (Lipinski definition) is 3. The molecule has 3 nitrogen and oxygen atoms in total. The number of piperazine rings is 1. The van der Waals surface area contributed by atoms with Crippen molar-refractivity contribution in [1.82, 2.24) is 10.2 Å². The molecule has 1 fully saturated rings. The number of aryl methyl sites for hydroxylation is 1. The number of aromatic hydroxyl groups is 1. The van der Waals surface area contributed by atoms with Crippen LogP contribution in [0.4, 0.5) is 0 Å². The third kappa shape index (κ3) is 2.23. The summed E-state index contributed by atoms with van der Waals surface area (Å²) >= 11 is 0. The summed E-state index contributed by atoms with van der Waals surface area (Å²) in [5.41, 5.74) is 3.90. The molecule has 20 heavy (non-hydrogen) atoms. The summed E-state index contributed by atoms with van der Waals surface area (Å²) in [7, 11) is 0. The zero-order valence-corrected chi connectivity index (χ0v) is 13.0. The number of rotatable bonds is 1. The van der Waals surface area contributed by atoms with Gasteiger partial charge in [-0.1, -0.05) is 13.0 Å². The standard InChI is InChI=1S/C17H26N2O/c1-10-5-6-15(20)17-14(7-11(2)16(10)17)19-8-12(3)18-13(4)9-19/h5-6,11-14,18,20H,7-9H2,1-4H3. The van der Waals surface area contributed by atoms with E-state index in [4.69, 9.17) is 0 Å². The summed E-state index contributed by atoms with van der Waals surface area (Å²) in [4.78, 5) is 2.56. The fraction of sp³-hybridized carbons (Fsp3) is 0.647. The summed E-state index contributed by atoms with van der Waals surface area (Å²) in [6.07, 6.45) is 1.13. The van der Waals surface area contributed by atoms with E-state index in [0.29, 0.717) is 29.8 Å². The van der Waals surface area contributed by atoms with Crippen LogP contribution in [0.25, 0.3) is 0 Å². The van der Waals surface area contributed by atoms with Crippen LogP contribution < -0.4 is 5.32 Å². The average molecular weight is 274 g/mol.